The quantitative estimate of drug-likeness (QED) is 0.819. The second-order valence-electron chi connectivity index (χ2n) is 2.87. The Hall–Kier alpha value is -0.0300. The summed E-state index contributed by atoms with van der Waals surface area (Å²) in [5.74, 6) is 0.596. The zero-order valence-corrected chi connectivity index (χ0v) is 10.5. The van der Waals surface area contributed by atoms with Crippen molar-refractivity contribution in [1.82, 2.24) is 0 Å². The Labute approximate surface area is 105 Å². The summed E-state index contributed by atoms with van der Waals surface area (Å²) in [6.45, 7) is 0.396. The SMILES string of the molecule is O=C1CCOc2c1c[c]c(SCl)c2SCl. The van der Waals surface area contributed by atoms with Gasteiger partial charge in [-0.2, -0.15) is 0 Å². The molecule has 0 aromatic heterocycles. The van der Waals surface area contributed by atoms with Crippen LogP contribution in [0.5, 0.6) is 5.75 Å². The van der Waals surface area contributed by atoms with Gasteiger partial charge in [0.15, 0.2) is 5.78 Å². The summed E-state index contributed by atoms with van der Waals surface area (Å²) in [4.78, 5) is 12.9. The minimum absolute atomic E-state index is 0.0607. The van der Waals surface area contributed by atoms with Crippen molar-refractivity contribution in [2.75, 3.05) is 6.61 Å². The van der Waals surface area contributed by atoms with E-state index in [-0.39, 0.29) is 5.78 Å². The highest BCUT2D eigenvalue weighted by Gasteiger charge is 2.23. The Morgan fingerprint density at radius 1 is 1.40 bits per heavy atom. The third-order valence-corrected chi connectivity index (χ3v) is 4.11. The van der Waals surface area contributed by atoms with Gasteiger partial charge in [-0.15, -0.1) is 0 Å². The van der Waals surface area contributed by atoms with E-state index in [0.29, 0.717) is 34.1 Å². The summed E-state index contributed by atoms with van der Waals surface area (Å²) in [7, 11) is 13.4. The number of rotatable bonds is 2. The topological polar surface area (TPSA) is 26.3 Å². The van der Waals surface area contributed by atoms with Gasteiger partial charge in [0.25, 0.3) is 0 Å². The van der Waals surface area contributed by atoms with Crippen molar-refractivity contribution in [2.24, 2.45) is 0 Å². The molecule has 6 heteroatoms. The van der Waals surface area contributed by atoms with Crippen molar-refractivity contribution in [3.8, 4) is 5.75 Å². The Kier molecular flexibility index (Phi) is 3.72. The molecule has 0 fully saturated rings. The fraction of sp³-hybridized carbons (Fsp3) is 0.222. The van der Waals surface area contributed by atoms with Crippen molar-refractivity contribution in [2.45, 2.75) is 16.2 Å². The zero-order valence-electron chi connectivity index (χ0n) is 7.38. The average Bonchev–Trinajstić information content (AvgIpc) is 2.28. The van der Waals surface area contributed by atoms with Crippen molar-refractivity contribution in [3.05, 3.63) is 17.7 Å². The number of carbonyl (C=O) groups is 1. The van der Waals surface area contributed by atoms with Gasteiger partial charge in [0.2, 0.25) is 0 Å². The predicted molar refractivity (Wildman–Crippen MR) is 63.1 cm³/mol. The summed E-state index contributed by atoms with van der Waals surface area (Å²) in [6.07, 6.45) is 0.403. The van der Waals surface area contributed by atoms with Crippen molar-refractivity contribution < 1.29 is 9.53 Å². The van der Waals surface area contributed by atoms with Gasteiger partial charge in [-0.25, -0.2) is 0 Å². The summed E-state index contributed by atoms with van der Waals surface area (Å²) < 4.78 is 5.44. The fourth-order valence-corrected chi connectivity index (χ4v) is 3.32. The smallest absolute Gasteiger partial charge is 0.170 e. The van der Waals surface area contributed by atoms with Gasteiger partial charge in [0.1, 0.15) is 5.75 Å². The van der Waals surface area contributed by atoms with Crippen molar-refractivity contribution in [1.29, 1.82) is 0 Å². The first kappa shape index (κ1) is 11.5. The maximum Gasteiger partial charge on any atom is 0.170 e. The lowest BCUT2D eigenvalue weighted by molar-refractivity contribution is 0.0930. The molecule has 0 atom stereocenters. The molecule has 79 valence electrons. The molecule has 1 aliphatic heterocycles. The van der Waals surface area contributed by atoms with E-state index in [1.807, 2.05) is 0 Å². The molecule has 0 spiro atoms. The lowest BCUT2D eigenvalue weighted by Gasteiger charge is -2.19. The lowest BCUT2D eigenvalue weighted by atomic mass is 10.1. The van der Waals surface area contributed by atoms with Crippen LogP contribution >= 0.6 is 43.3 Å². The van der Waals surface area contributed by atoms with Crippen molar-refractivity contribution in [3.63, 3.8) is 0 Å². The van der Waals surface area contributed by atoms with E-state index < -0.39 is 0 Å². The number of fused-ring (bicyclic) bond motifs is 1. The van der Waals surface area contributed by atoms with Crippen molar-refractivity contribution >= 4 is 49.1 Å². The van der Waals surface area contributed by atoms with Crippen LogP contribution in [0.2, 0.25) is 0 Å². The molecule has 2 nitrogen and oxygen atoms in total. The number of halogens is 2. The highest BCUT2D eigenvalue weighted by Crippen LogP contribution is 2.44. The van der Waals surface area contributed by atoms with Gasteiger partial charge in [0.05, 0.1) is 17.1 Å². The van der Waals surface area contributed by atoms with Crippen LogP contribution in [0.15, 0.2) is 15.9 Å². The first-order valence-electron chi connectivity index (χ1n) is 4.09. The number of ketones is 1. The normalized spacial score (nSPS) is 14.7. The summed E-state index contributed by atoms with van der Waals surface area (Å²) in [5.41, 5.74) is 0.541. The summed E-state index contributed by atoms with van der Waals surface area (Å²) in [5, 5.41) is 0. The number of hydrogen-bond donors (Lipinski definition) is 0. The average molecular weight is 280 g/mol. The Balaban J connectivity index is 2.58. The van der Waals surface area contributed by atoms with E-state index in [0.717, 1.165) is 22.0 Å². The van der Waals surface area contributed by atoms with E-state index >= 15 is 0 Å². The van der Waals surface area contributed by atoms with Crippen LogP contribution in [0.1, 0.15) is 16.8 Å². The number of Topliss-reactive ketones (excluding diaryl/α,β-unsaturated/α-hetero) is 1. The monoisotopic (exact) mass is 279 g/mol. The summed E-state index contributed by atoms with van der Waals surface area (Å²) in [6, 6.07) is 4.53. The second-order valence-corrected chi connectivity index (χ2v) is 4.92. The van der Waals surface area contributed by atoms with Crippen LogP contribution in [0.25, 0.3) is 0 Å². The van der Waals surface area contributed by atoms with Crippen LogP contribution < -0.4 is 4.74 Å². The zero-order chi connectivity index (χ0) is 10.8. The molecule has 2 rings (SSSR count). The molecule has 0 N–H and O–H groups in total. The molecule has 1 heterocycles. The van der Waals surface area contributed by atoms with Crippen LogP contribution in [0.4, 0.5) is 0 Å². The van der Waals surface area contributed by atoms with Crippen LogP contribution in [0, 0.1) is 6.07 Å². The molecule has 0 amide bonds. The highest BCUT2D eigenvalue weighted by atomic mass is 35.7. The molecule has 0 saturated carbocycles. The van der Waals surface area contributed by atoms with Crippen LogP contribution in [-0.4, -0.2) is 12.4 Å². The van der Waals surface area contributed by atoms with E-state index in [2.05, 4.69) is 6.07 Å². The molecule has 15 heavy (non-hydrogen) atoms. The maximum absolute atomic E-state index is 11.6. The Morgan fingerprint density at radius 2 is 2.20 bits per heavy atom. The molecule has 0 unspecified atom stereocenters. The molecule has 0 saturated heterocycles. The van der Waals surface area contributed by atoms with E-state index in [1.54, 1.807) is 6.07 Å². The molecule has 1 radical (unpaired) electrons. The lowest BCUT2D eigenvalue weighted by Crippen LogP contribution is -2.16. The third kappa shape index (κ3) is 2.09. The van der Waals surface area contributed by atoms with Crippen LogP contribution in [0.3, 0.4) is 0 Å². The molecule has 0 aliphatic carbocycles. The van der Waals surface area contributed by atoms with E-state index in [4.69, 9.17) is 26.1 Å². The largest absolute Gasteiger partial charge is 0.491 e. The molecule has 1 aliphatic rings. The number of benzene rings is 1. The van der Waals surface area contributed by atoms with E-state index in [1.165, 1.54) is 0 Å². The number of hydrogen-bond acceptors (Lipinski definition) is 4. The number of ether oxygens (including phenoxy) is 1. The third-order valence-electron chi connectivity index (χ3n) is 2.03. The number of carbonyl (C=O) groups excluding carboxylic acids is 1. The minimum Gasteiger partial charge on any atom is -0.491 e. The molecule has 1 aromatic carbocycles. The van der Waals surface area contributed by atoms with Gasteiger partial charge in [0, 0.05) is 11.3 Å². The molecular weight excluding hydrogens is 275 g/mol. The van der Waals surface area contributed by atoms with Crippen LogP contribution in [-0.2, 0) is 0 Å². The van der Waals surface area contributed by atoms with Gasteiger partial charge < -0.3 is 4.74 Å². The Morgan fingerprint density at radius 3 is 2.87 bits per heavy atom. The first-order valence-corrected chi connectivity index (χ1v) is 7.38. The van der Waals surface area contributed by atoms with Gasteiger partial charge >= 0.3 is 0 Å². The standard InChI is InChI=1S/C9H5Cl2O2S2/c10-14-7-2-1-5-6(12)3-4-13-8(5)9(7)15-11/h1H,3-4H2. The maximum atomic E-state index is 11.6. The molecule has 0 bridgehead atoms. The first-order chi connectivity index (χ1) is 7.27. The highest BCUT2D eigenvalue weighted by molar-refractivity contribution is 8.23. The van der Waals surface area contributed by atoms with Gasteiger partial charge in [-0.1, -0.05) is 0 Å². The Bertz CT molecular complexity index is 409. The molecule has 1 aromatic rings. The predicted octanol–water partition coefficient (Wildman–Crippen LogP) is 3.94. The van der Waals surface area contributed by atoms with E-state index in [9.17, 15) is 4.79 Å². The van der Waals surface area contributed by atoms with Gasteiger partial charge in [-0.3, -0.25) is 4.79 Å². The fourth-order valence-electron chi connectivity index (χ4n) is 1.35. The summed E-state index contributed by atoms with van der Waals surface area (Å²) >= 11 is 0. The second kappa shape index (κ2) is 4.87. The minimum atomic E-state index is 0.0607. The molecular formula is C9H5Cl2O2S2. The van der Waals surface area contributed by atoms with Gasteiger partial charge in [-0.05, 0) is 55.4 Å².